The van der Waals surface area contributed by atoms with Crippen LogP contribution < -0.4 is 35.2 Å². The highest BCUT2D eigenvalue weighted by Crippen LogP contribution is 2.36. The molecule has 562 valence electrons. The van der Waals surface area contributed by atoms with Gasteiger partial charge in [0.25, 0.3) is 17.1 Å². The van der Waals surface area contributed by atoms with E-state index in [0.717, 1.165) is 53.5 Å². The Bertz CT molecular complexity index is 3610. The number of anilines is 2. The summed E-state index contributed by atoms with van der Waals surface area (Å²) in [5.74, 6) is -4.56. The van der Waals surface area contributed by atoms with Gasteiger partial charge in [-0.1, -0.05) is 49.8 Å². The van der Waals surface area contributed by atoms with Crippen molar-refractivity contribution in [2.75, 3.05) is 37.9 Å². The van der Waals surface area contributed by atoms with Crippen molar-refractivity contribution in [2.24, 2.45) is 0 Å². The number of alkyl halides is 15. The van der Waals surface area contributed by atoms with Crippen LogP contribution >= 0.6 is 0 Å². The van der Waals surface area contributed by atoms with Crippen molar-refractivity contribution in [3.8, 4) is 28.7 Å². The molecule has 0 spiro atoms. The number of nitrogens with one attached hydrogen (secondary N) is 1. The van der Waals surface area contributed by atoms with E-state index >= 15 is 0 Å². The van der Waals surface area contributed by atoms with Crippen LogP contribution in [-0.2, 0) is 52.5 Å². The number of fused-ring (bicyclic) bond motifs is 1. The van der Waals surface area contributed by atoms with Gasteiger partial charge in [0.05, 0.1) is 65.2 Å². The van der Waals surface area contributed by atoms with Gasteiger partial charge in [-0.2, -0.15) is 0 Å². The molecule has 24 nitrogen and oxygen atoms in total. The van der Waals surface area contributed by atoms with E-state index in [4.69, 9.17) is 30.4 Å². The number of allylic oxidation sites excluding steroid dienone is 1. The third-order valence-electron chi connectivity index (χ3n) is 11.3. The van der Waals surface area contributed by atoms with Crippen molar-refractivity contribution < 1.29 is 138 Å². The van der Waals surface area contributed by atoms with Gasteiger partial charge in [0, 0.05) is 66.3 Å². The number of nitro benzene ring substituents is 3. The molecule has 100 heavy (non-hydrogen) atoms. The van der Waals surface area contributed by atoms with Crippen molar-refractivity contribution in [2.45, 2.75) is 141 Å². The van der Waals surface area contributed by atoms with Crippen LogP contribution in [0, 0.1) is 37.3 Å². The highest BCUT2D eigenvalue weighted by molar-refractivity contribution is 5.82. The molecule has 2 aliphatic rings. The first kappa shape index (κ1) is 94.3. The maximum absolute atomic E-state index is 12.1. The van der Waals surface area contributed by atoms with Crippen LogP contribution in [0.4, 0.5) is 94.3 Å². The third-order valence-corrected chi connectivity index (χ3v) is 11.3. The van der Waals surface area contributed by atoms with Crippen molar-refractivity contribution in [3.05, 3.63) is 162 Å². The zero-order valence-electron chi connectivity index (χ0n) is 49.9. The molecule has 39 heteroatoms. The van der Waals surface area contributed by atoms with Gasteiger partial charge in [0.1, 0.15) is 40.2 Å². The number of ether oxygens (including phenoxy) is 10. The molecule has 5 N–H and O–H groups in total. The van der Waals surface area contributed by atoms with Crippen molar-refractivity contribution in [1.29, 1.82) is 0 Å². The van der Waals surface area contributed by atoms with Gasteiger partial charge >= 0.3 is 37.8 Å². The lowest BCUT2D eigenvalue weighted by Gasteiger charge is -2.23. The number of aromatic amines is 1. The minimum absolute atomic E-state index is 0. The predicted octanol–water partition coefficient (Wildman–Crippen LogP) is 17.6. The molecule has 2 saturated heterocycles. The van der Waals surface area contributed by atoms with E-state index in [2.05, 4.69) is 40.0 Å². The van der Waals surface area contributed by atoms with E-state index in [1.54, 1.807) is 26.8 Å². The highest BCUT2D eigenvalue weighted by Gasteiger charge is 2.38. The molecule has 2 aliphatic heterocycles. The van der Waals surface area contributed by atoms with Gasteiger partial charge in [-0.15, -0.1) is 65.9 Å². The second kappa shape index (κ2) is 39.6. The summed E-state index contributed by atoms with van der Waals surface area (Å²) in [5, 5.41) is 32.9. The van der Waals surface area contributed by atoms with Crippen molar-refractivity contribution >= 4 is 51.1 Å². The topological polar surface area (TPSA) is 324 Å². The second-order valence-electron chi connectivity index (χ2n) is 19.6. The summed E-state index contributed by atoms with van der Waals surface area (Å²) in [5.41, 5.74) is 11.6. The molecule has 2 fully saturated rings. The number of carbonyl (C=O) groups is 2. The van der Waals surface area contributed by atoms with Crippen molar-refractivity contribution in [1.82, 2.24) is 4.98 Å². The first-order chi connectivity index (χ1) is 43.5. The van der Waals surface area contributed by atoms with Crippen LogP contribution in [0.1, 0.15) is 94.1 Å². The quantitative estimate of drug-likeness (QED) is 0.0215. The maximum Gasteiger partial charge on any atom is 0.573 e. The summed E-state index contributed by atoms with van der Waals surface area (Å²) in [6, 6.07) is 18.0. The van der Waals surface area contributed by atoms with Crippen LogP contribution in [-0.4, -0.2) is 101 Å². The Labute approximate surface area is 562 Å². The zero-order valence-corrected chi connectivity index (χ0v) is 49.9. The number of halogens is 15. The first-order valence-electron chi connectivity index (χ1n) is 26.2. The number of hydrogen-bond donors (Lipinski definition) is 3. The third kappa shape index (κ3) is 36.1. The number of hydrogen-bond acceptors (Lipinski definition) is 20. The molecule has 0 aliphatic carbocycles. The number of aromatic nitrogens is 1. The summed E-state index contributed by atoms with van der Waals surface area (Å²) in [4.78, 5) is 53.3. The highest BCUT2D eigenvalue weighted by atomic mass is 19.4. The number of rotatable bonds is 15. The Kier molecular flexibility index (Phi) is 37.4. The molecule has 3 heterocycles. The molecule has 0 radical (unpaired) electrons. The summed E-state index contributed by atoms with van der Waals surface area (Å²) in [6.45, 7) is 14.5. The van der Waals surface area contributed by atoms with Gasteiger partial charge in [0.2, 0.25) is 0 Å². The lowest BCUT2D eigenvalue weighted by Crippen LogP contribution is -2.28. The molecule has 8 rings (SSSR count). The van der Waals surface area contributed by atoms with E-state index in [0.29, 0.717) is 61.8 Å². The van der Waals surface area contributed by atoms with E-state index in [9.17, 15) is 106 Å². The van der Waals surface area contributed by atoms with Crippen LogP contribution in [0.5, 0.6) is 28.7 Å². The number of nitrogens with zero attached hydrogens (tertiary/aromatic N) is 3. The van der Waals surface area contributed by atoms with Crippen LogP contribution in [0.3, 0.4) is 0 Å². The predicted molar refractivity (Wildman–Crippen MR) is 334 cm³/mol. The molecule has 1 aromatic heterocycles. The molecule has 0 unspecified atom stereocenters. The molecule has 5 aromatic carbocycles. The fraction of sp³-hybridized carbons (Fsp3) is 0.410. The van der Waals surface area contributed by atoms with Gasteiger partial charge in [0.15, 0.2) is 11.6 Å². The first-order valence-corrected chi connectivity index (χ1v) is 26.2. The molecular weight excluding hydrogens is 1390 g/mol. The van der Waals surface area contributed by atoms with Gasteiger partial charge in [-0.25, -0.2) is 0 Å². The Hall–Kier alpha value is -9.89. The Morgan fingerprint density at radius 2 is 0.810 bits per heavy atom. The Morgan fingerprint density at radius 1 is 0.490 bits per heavy atom. The SMILES string of the molecule is C.C.C.C.C.C=C(C)OC(C)=O.CC(=O)Cc1ccc(OC(F)(F)F)cc1[N+](=O)[O-].CC1(Cc2ccc(OC(F)(F)F)cc2N)OCCO1.CC1(Cc2ccc(OC(F)(F)F)cc2[N+](=O)[O-])OCCO1.Cc1cc2ccc(OC(F)(F)F)cc2[nH]1.Nc1ccc(OC(F)(F)F)cc1[N+](=O)[O-]. The van der Waals surface area contributed by atoms with E-state index in [1.807, 2.05) is 13.0 Å². The summed E-state index contributed by atoms with van der Waals surface area (Å²) >= 11 is 0. The molecular formula is C61H75F15N6O18. The minimum Gasteiger partial charge on any atom is -0.432 e. The van der Waals surface area contributed by atoms with E-state index < -0.39 is 92.5 Å². The molecule has 0 atom stereocenters. The minimum atomic E-state index is -4.92. The standard InChI is InChI=1S/C12H12F3NO5.C12H14F3NO3.C10H8F3NO4.C10H8F3NO.C7H5F3N2O3.C5H8O2.5CH4/c1-11(19-4-5-20-11)7-8-2-3-9(21-12(13,14)15)6-10(8)16(17)18;1-11(17-4-5-18-11)7-8-2-3-9(6-10(8)16)19-12(13,14)15;1-6(15)4-7-2-3-8(18-10(11,12)13)5-9(7)14(16)17;1-6-4-7-2-3-8(5-9(7)14-6)15-10(11,12)13;8-7(9,10)15-4-1-2-5(11)6(3-4)12(13)14;1-4(2)7-5(3)6;;;;;/h2-3,6H,4-5,7H2,1H3;2-3,6H,4-5,7,16H2,1H3;2-3,5H,4H2,1H3;2-5,14H,1H3;1-3H,11H2;1H2,2-3H3;5*1H4. The fourth-order valence-electron chi connectivity index (χ4n) is 7.90. The normalized spacial score (nSPS) is 13.2. The molecule has 0 saturated carbocycles. The van der Waals surface area contributed by atoms with E-state index in [1.165, 1.54) is 44.2 Å². The molecule has 0 bridgehead atoms. The average molecular weight is 1470 g/mol. The van der Waals surface area contributed by atoms with Crippen LogP contribution in [0.2, 0.25) is 0 Å². The maximum atomic E-state index is 12.1. The lowest BCUT2D eigenvalue weighted by atomic mass is 10.0. The number of nitro groups is 3. The summed E-state index contributed by atoms with van der Waals surface area (Å²) in [7, 11) is 0. The van der Waals surface area contributed by atoms with Crippen molar-refractivity contribution in [3.63, 3.8) is 0 Å². The van der Waals surface area contributed by atoms with Crippen LogP contribution in [0.15, 0.2) is 109 Å². The number of benzene rings is 5. The Balaban J connectivity index is -0.00000114. The second-order valence-corrected chi connectivity index (χ2v) is 19.6. The number of aryl methyl sites for hydroxylation is 1. The number of H-pyrrole nitrogens is 1. The fourth-order valence-corrected chi connectivity index (χ4v) is 7.90. The lowest BCUT2D eigenvalue weighted by molar-refractivity contribution is -0.386. The summed E-state index contributed by atoms with van der Waals surface area (Å²) < 4.78 is 224. The number of nitrogens with two attached hydrogens (primary N) is 2. The monoisotopic (exact) mass is 1460 g/mol. The number of Topliss-reactive ketones (excluding diaryl/α,β-unsaturated/α-hetero) is 1. The average Bonchev–Trinajstić information content (AvgIpc) is 1.42. The smallest absolute Gasteiger partial charge is 0.432 e. The number of ketones is 1. The van der Waals surface area contributed by atoms with Gasteiger partial charge in [-0.05, 0) is 106 Å². The molecule has 0 amide bonds. The number of nitrogen functional groups attached to an aromatic ring is 2. The summed E-state index contributed by atoms with van der Waals surface area (Å²) in [6.07, 6.45) is -23.9. The van der Waals surface area contributed by atoms with Gasteiger partial charge < -0.3 is 63.8 Å². The number of esters is 1. The number of carbonyl (C=O) groups excluding carboxylic acids is 2. The molecule has 6 aromatic rings. The van der Waals surface area contributed by atoms with Gasteiger partial charge in [-0.3, -0.25) is 39.9 Å². The largest absolute Gasteiger partial charge is 0.573 e. The van der Waals surface area contributed by atoms with Crippen LogP contribution in [0.25, 0.3) is 10.9 Å². The van der Waals surface area contributed by atoms with E-state index in [-0.39, 0.29) is 95.7 Å². The zero-order chi connectivity index (χ0) is 72.2. The Morgan fingerprint density at radius 3 is 1.15 bits per heavy atom.